The van der Waals surface area contributed by atoms with Crippen LogP contribution in [0.4, 0.5) is 0 Å². The molecule has 0 saturated heterocycles. The van der Waals surface area contributed by atoms with Crippen LogP contribution in [0, 0.1) is 0 Å². The zero-order chi connectivity index (χ0) is 13.9. The van der Waals surface area contributed by atoms with Crippen molar-refractivity contribution in [2.45, 2.75) is 45.4 Å². The van der Waals surface area contributed by atoms with Crippen molar-refractivity contribution in [3.05, 3.63) is 34.9 Å². The van der Waals surface area contributed by atoms with E-state index in [4.69, 9.17) is 11.6 Å². The minimum Gasteiger partial charge on any atom is -0.273 e. The summed E-state index contributed by atoms with van der Waals surface area (Å²) < 4.78 is 0. The monoisotopic (exact) mass is 280 g/mol. The Morgan fingerprint density at radius 3 is 2.84 bits per heavy atom. The highest BCUT2D eigenvalue weighted by Gasteiger charge is 1.98. The quantitative estimate of drug-likeness (QED) is 0.434. The number of amides is 1. The van der Waals surface area contributed by atoms with Crippen molar-refractivity contribution in [1.82, 2.24) is 5.43 Å². The predicted molar refractivity (Wildman–Crippen MR) is 80.6 cm³/mol. The van der Waals surface area contributed by atoms with Crippen LogP contribution >= 0.6 is 11.6 Å². The predicted octanol–water partition coefficient (Wildman–Crippen LogP) is 4.15. The lowest BCUT2D eigenvalue weighted by Gasteiger charge is -2.00. The molecule has 0 aliphatic carbocycles. The second-order valence-corrected chi connectivity index (χ2v) is 4.95. The van der Waals surface area contributed by atoms with Gasteiger partial charge < -0.3 is 0 Å². The molecule has 1 N–H and O–H groups in total. The molecule has 0 aliphatic heterocycles. The minimum atomic E-state index is -0.0326. The summed E-state index contributed by atoms with van der Waals surface area (Å²) in [4.78, 5) is 11.5. The largest absolute Gasteiger partial charge is 0.273 e. The number of halogens is 1. The summed E-state index contributed by atoms with van der Waals surface area (Å²) in [5.74, 6) is -0.0326. The van der Waals surface area contributed by atoms with Gasteiger partial charge in [-0.2, -0.15) is 5.10 Å². The normalized spacial score (nSPS) is 10.8. The van der Waals surface area contributed by atoms with Crippen LogP contribution in [-0.4, -0.2) is 12.1 Å². The number of nitrogens with one attached hydrogen (secondary N) is 1. The fourth-order valence-electron chi connectivity index (χ4n) is 1.71. The van der Waals surface area contributed by atoms with E-state index < -0.39 is 0 Å². The Bertz CT molecular complexity index is 418. The van der Waals surface area contributed by atoms with Crippen LogP contribution in [-0.2, 0) is 4.79 Å². The van der Waals surface area contributed by atoms with Crippen LogP contribution in [0.5, 0.6) is 0 Å². The third kappa shape index (κ3) is 7.62. The number of carbonyl (C=O) groups excluding carboxylic acids is 1. The molecule has 0 atom stereocenters. The van der Waals surface area contributed by atoms with Crippen molar-refractivity contribution in [2.24, 2.45) is 5.10 Å². The third-order valence-electron chi connectivity index (χ3n) is 2.76. The Morgan fingerprint density at radius 1 is 1.32 bits per heavy atom. The Labute approximate surface area is 120 Å². The average Bonchev–Trinajstić information content (AvgIpc) is 2.38. The van der Waals surface area contributed by atoms with E-state index in [0.717, 1.165) is 18.4 Å². The molecule has 0 unspecified atom stereocenters. The van der Waals surface area contributed by atoms with Gasteiger partial charge in [-0.1, -0.05) is 56.3 Å². The Morgan fingerprint density at radius 2 is 2.11 bits per heavy atom. The molecule has 0 aromatic heterocycles. The van der Waals surface area contributed by atoms with Crippen molar-refractivity contribution in [2.75, 3.05) is 0 Å². The van der Waals surface area contributed by atoms with Crippen molar-refractivity contribution in [3.8, 4) is 0 Å². The lowest BCUT2D eigenvalue weighted by Crippen LogP contribution is -2.16. The third-order valence-corrected chi connectivity index (χ3v) is 2.99. The van der Waals surface area contributed by atoms with Crippen molar-refractivity contribution >= 4 is 23.7 Å². The molecule has 4 heteroatoms. The van der Waals surface area contributed by atoms with Gasteiger partial charge >= 0.3 is 0 Å². The van der Waals surface area contributed by atoms with Gasteiger partial charge in [0.05, 0.1) is 6.21 Å². The maximum atomic E-state index is 11.5. The fourth-order valence-corrected chi connectivity index (χ4v) is 1.91. The van der Waals surface area contributed by atoms with Crippen molar-refractivity contribution < 1.29 is 4.79 Å². The number of nitrogens with zero attached hydrogens (tertiary/aromatic N) is 1. The Balaban J connectivity index is 2.19. The van der Waals surface area contributed by atoms with Gasteiger partial charge in [0.2, 0.25) is 5.91 Å². The van der Waals surface area contributed by atoms with E-state index in [1.165, 1.54) is 19.3 Å². The molecule has 1 rings (SSSR count). The van der Waals surface area contributed by atoms with Crippen LogP contribution in [0.15, 0.2) is 29.4 Å². The lowest BCUT2D eigenvalue weighted by molar-refractivity contribution is -0.121. The SMILES string of the molecule is CCCCCCCC(=O)N/N=C/c1cccc(Cl)c1. The first-order chi connectivity index (χ1) is 9.22. The number of hydrogen-bond donors (Lipinski definition) is 1. The molecule has 1 amide bonds. The van der Waals surface area contributed by atoms with Gasteiger partial charge in [-0.25, -0.2) is 5.43 Å². The molecule has 1 aromatic carbocycles. The number of benzene rings is 1. The van der Waals surface area contributed by atoms with E-state index in [0.29, 0.717) is 11.4 Å². The highest BCUT2D eigenvalue weighted by atomic mass is 35.5. The van der Waals surface area contributed by atoms with E-state index >= 15 is 0 Å². The van der Waals surface area contributed by atoms with Gasteiger partial charge in [0.1, 0.15) is 0 Å². The highest BCUT2D eigenvalue weighted by Crippen LogP contribution is 2.08. The fraction of sp³-hybridized carbons (Fsp3) is 0.467. The van der Waals surface area contributed by atoms with Crippen LogP contribution in [0.25, 0.3) is 0 Å². The first kappa shape index (κ1) is 15.7. The van der Waals surface area contributed by atoms with E-state index in [1.54, 1.807) is 18.3 Å². The summed E-state index contributed by atoms with van der Waals surface area (Å²) in [6.07, 6.45) is 7.84. The van der Waals surface area contributed by atoms with Gasteiger partial charge in [-0.3, -0.25) is 4.79 Å². The van der Waals surface area contributed by atoms with E-state index in [9.17, 15) is 4.79 Å². The summed E-state index contributed by atoms with van der Waals surface area (Å²) in [5.41, 5.74) is 3.40. The molecule has 0 heterocycles. The molecule has 0 radical (unpaired) electrons. The van der Waals surface area contributed by atoms with Crippen LogP contribution in [0.2, 0.25) is 5.02 Å². The average molecular weight is 281 g/mol. The highest BCUT2D eigenvalue weighted by molar-refractivity contribution is 6.30. The Kier molecular flexibility index (Phi) is 7.91. The smallest absolute Gasteiger partial charge is 0.240 e. The molecule has 3 nitrogen and oxygen atoms in total. The lowest BCUT2D eigenvalue weighted by atomic mass is 10.1. The maximum Gasteiger partial charge on any atom is 0.240 e. The molecule has 19 heavy (non-hydrogen) atoms. The van der Waals surface area contributed by atoms with Gasteiger partial charge in [-0.05, 0) is 24.1 Å². The number of carbonyl (C=O) groups is 1. The van der Waals surface area contributed by atoms with Gasteiger partial charge in [0.15, 0.2) is 0 Å². The molecule has 104 valence electrons. The number of hydrazone groups is 1. The van der Waals surface area contributed by atoms with E-state index in [-0.39, 0.29) is 5.91 Å². The maximum absolute atomic E-state index is 11.5. The van der Waals surface area contributed by atoms with Crippen molar-refractivity contribution in [1.29, 1.82) is 0 Å². The van der Waals surface area contributed by atoms with Crippen molar-refractivity contribution in [3.63, 3.8) is 0 Å². The molecule has 0 fully saturated rings. The minimum absolute atomic E-state index is 0.0326. The van der Waals surface area contributed by atoms with E-state index in [2.05, 4.69) is 17.5 Å². The van der Waals surface area contributed by atoms with Gasteiger partial charge in [0, 0.05) is 11.4 Å². The van der Waals surface area contributed by atoms with Crippen LogP contribution < -0.4 is 5.43 Å². The van der Waals surface area contributed by atoms with Crippen LogP contribution in [0.1, 0.15) is 51.0 Å². The molecule has 1 aromatic rings. The summed E-state index contributed by atoms with van der Waals surface area (Å²) in [5, 5.41) is 4.57. The summed E-state index contributed by atoms with van der Waals surface area (Å²) >= 11 is 5.85. The molecular formula is C15H21ClN2O. The molecule has 0 aliphatic rings. The summed E-state index contributed by atoms with van der Waals surface area (Å²) in [7, 11) is 0. The van der Waals surface area contributed by atoms with Gasteiger partial charge in [0.25, 0.3) is 0 Å². The summed E-state index contributed by atoms with van der Waals surface area (Å²) in [6.45, 7) is 2.18. The second kappa shape index (κ2) is 9.56. The van der Waals surface area contributed by atoms with Gasteiger partial charge in [-0.15, -0.1) is 0 Å². The molecule has 0 spiro atoms. The standard InChI is InChI=1S/C15H21ClN2O/c1-2-3-4-5-6-10-15(19)18-17-12-13-8-7-9-14(16)11-13/h7-9,11-12H,2-6,10H2,1H3,(H,18,19)/b17-12+. The number of unbranched alkanes of at least 4 members (excludes halogenated alkanes) is 4. The zero-order valence-electron chi connectivity index (χ0n) is 11.4. The topological polar surface area (TPSA) is 41.5 Å². The molecule has 0 saturated carbocycles. The van der Waals surface area contributed by atoms with Crippen LogP contribution in [0.3, 0.4) is 0 Å². The van der Waals surface area contributed by atoms with E-state index in [1.807, 2.05) is 12.1 Å². The molecular weight excluding hydrogens is 260 g/mol. The number of hydrogen-bond acceptors (Lipinski definition) is 2. The zero-order valence-corrected chi connectivity index (χ0v) is 12.1. The number of rotatable bonds is 8. The molecule has 0 bridgehead atoms. The first-order valence-electron chi connectivity index (χ1n) is 6.80. The second-order valence-electron chi connectivity index (χ2n) is 4.51. The Hall–Kier alpha value is -1.35. The summed E-state index contributed by atoms with van der Waals surface area (Å²) in [6, 6.07) is 7.32. The first-order valence-corrected chi connectivity index (χ1v) is 7.17.